The molecule has 19 heavy (non-hydrogen) atoms. The van der Waals surface area contributed by atoms with Crippen LogP contribution in [-0.4, -0.2) is 28.1 Å². The molecule has 6 heteroatoms. The van der Waals surface area contributed by atoms with E-state index in [4.69, 9.17) is 16.6 Å². The molecule has 0 aliphatic heterocycles. The van der Waals surface area contributed by atoms with Gasteiger partial charge in [-0.2, -0.15) is 4.98 Å². The summed E-state index contributed by atoms with van der Waals surface area (Å²) >= 11 is 5.29. The predicted octanol–water partition coefficient (Wildman–Crippen LogP) is 2.89. The van der Waals surface area contributed by atoms with Gasteiger partial charge in [-0.05, 0) is 30.8 Å². The van der Waals surface area contributed by atoms with Crippen molar-refractivity contribution in [3.8, 4) is 0 Å². The van der Waals surface area contributed by atoms with Crippen LogP contribution in [0.3, 0.4) is 0 Å². The standard InChI is InChI=1S/C13H18N4OS/c1-3-4-7-16(2)12-14-10-17(13(19)15-12)9-11-6-5-8-18-11/h5-6,8,10H,3-4,7,9H2,1-2H3. The van der Waals surface area contributed by atoms with Crippen molar-refractivity contribution < 1.29 is 4.42 Å². The number of rotatable bonds is 6. The molecule has 102 valence electrons. The van der Waals surface area contributed by atoms with Crippen molar-refractivity contribution in [3.05, 3.63) is 35.3 Å². The SMILES string of the molecule is CCCCN(C)c1ncn(Cc2ccco2)c(=S)n1. The summed E-state index contributed by atoms with van der Waals surface area (Å²) < 4.78 is 7.61. The zero-order valence-corrected chi connectivity index (χ0v) is 12.1. The number of hydrogen-bond donors (Lipinski definition) is 0. The molecular formula is C13H18N4OS. The maximum Gasteiger partial charge on any atom is 0.229 e. The van der Waals surface area contributed by atoms with Gasteiger partial charge in [-0.15, -0.1) is 0 Å². The van der Waals surface area contributed by atoms with E-state index in [1.165, 1.54) is 0 Å². The minimum absolute atomic E-state index is 0.518. The summed E-state index contributed by atoms with van der Waals surface area (Å²) in [5.41, 5.74) is 0. The van der Waals surface area contributed by atoms with Crippen LogP contribution in [0.4, 0.5) is 5.95 Å². The summed E-state index contributed by atoms with van der Waals surface area (Å²) in [6.45, 7) is 3.66. The third-order valence-corrected chi connectivity index (χ3v) is 3.17. The molecule has 5 nitrogen and oxygen atoms in total. The van der Waals surface area contributed by atoms with Gasteiger partial charge in [0, 0.05) is 13.6 Å². The van der Waals surface area contributed by atoms with Crippen LogP contribution in [0.15, 0.2) is 29.1 Å². The smallest absolute Gasteiger partial charge is 0.229 e. The third-order valence-electron chi connectivity index (χ3n) is 2.85. The lowest BCUT2D eigenvalue weighted by Crippen LogP contribution is -2.22. The molecule has 0 N–H and O–H groups in total. The highest BCUT2D eigenvalue weighted by molar-refractivity contribution is 7.71. The quantitative estimate of drug-likeness (QED) is 0.760. The van der Waals surface area contributed by atoms with Gasteiger partial charge >= 0.3 is 0 Å². The van der Waals surface area contributed by atoms with Crippen molar-refractivity contribution in [1.82, 2.24) is 14.5 Å². The Morgan fingerprint density at radius 2 is 2.32 bits per heavy atom. The zero-order chi connectivity index (χ0) is 13.7. The van der Waals surface area contributed by atoms with Crippen LogP contribution < -0.4 is 4.90 Å². The monoisotopic (exact) mass is 278 g/mol. The van der Waals surface area contributed by atoms with Crippen LogP contribution in [-0.2, 0) is 6.54 Å². The number of unbranched alkanes of at least 4 members (excludes halogenated alkanes) is 1. The number of aromatic nitrogens is 3. The minimum atomic E-state index is 0.518. The average Bonchev–Trinajstić information content (AvgIpc) is 2.91. The van der Waals surface area contributed by atoms with Crippen LogP contribution in [0, 0.1) is 4.77 Å². The number of anilines is 1. The first-order valence-corrected chi connectivity index (χ1v) is 6.78. The molecule has 2 rings (SSSR count). The lowest BCUT2D eigenvalue weighted by Gasteiger charge is -2.16. The second-order valence-electron chi connectivity index (χ2n) is 4.42. The summed E-state index contributed by atoms with van der Waals surface area (Å²) in [6, 6.07) is 3.76. The minimum Gasteiger partial charge on any atom is -0.467 e. The Labute approximate surface area is 117 Å². The van der Waals surface area contributed by atoms with Crippen molar-refractivity contribution in [2.75, 3.05) is 18.5 Å². The first-order valence-electron chi connectivity index (χ1n) is 6.37. The van der Waals surface area contributed by atoms with Gasteiger partial charge in [-0.1, -0.05) is 13.3 Å². The fraction of sp³-hybridized carbons (Fsp3) is 0.462. The average molecular weight is 278 g/mol. The molecule has 0 aliphatic rings. The van der Waals surface area contributed by atoms with Gasteiger partial charge in [0.05, 0.1) is 12.8 Å². The van der Waals surface area contributed by atoms with Gasteiger partial charge in [0.15, 0.2) is 0 Å². The van der Waals surface area contributed by atoms with E-state index in [0.29, 0.717) is 17.3 Å². The highest BCUT2D eigenvalue weighted by Gasteiger charge is 2.06. The predicted molar refractivity (Wildman–Crippen MR) is 76.8 cm³/mol. The molecule has 0 fully saturated rings. The highest BCUT2D eigenvalue weighted by atomic mass is 32.1. The lowest BCUT2D eigenvalue weighted by molar-refractivity contribution is 0.487. The Balaban J connectivity index is 2.11. The van der Waals surface area contributed by atoms with Crippen LogP contribution in [0.1, 0.15) is 25.5 Å². The molecule has 0 unspecified atom stereocenters. The van der Waals surface area contributed by atoms with E-state index < -0.39 is 0 Å². The van der Waals surface area contributed by atoms with Crippen LogP contribution in [0.5, 0.6) is 0 Å². The van der Waals surface area contributed by atoms with Crippen molar-refractivity contribution in [2.24, 2.45) is 0 Å². The van der Waals surface area contributed by atoms with Gasteiger partial charge in [-0.3, -0.25) is 4.57 Å². The van der Waals surface area contributed by atoms with E-state index in [1.54, 1.807) is 17.2 Å². The lowest BCUT2D eigenvalue weighted by atomic mass is 10.3. The summed E-state index contributed by atoms with van der Waals surface area (Å²) in [6.07, 6.45) is 5.63. The fourth-order valence-electron chi connectivity index (χ4n) is 1.71. The first-order chi connectivity index (χ1) is 9.20. The molecular weight excluding hydrogens is 260 g/mol. The van der Waals surface area contributed by atoms with E-state index in [9.17, 15) is 0 Å². The van der Waals surface area contributed by atoms with Gasteiger partial charge in [-0.25, -0.2) is 4.98 Å². The summed E-state index contributed by atoms with van der Waals surface area (Å²) in [5, 5.41) is 0. The second-order valence-corrected chi connectivity index (χ2v) is 4.79. The Morgan fingerprint density at radius 1 is 1.47 bits per heavy atom. The van der Waals surface area contributed by atoms with Crippen molar-refractivity contribution in [3.63, 3.8) is 0 Å². The summed E-state index contributed by atoms with van der Waals surface area (Å²) in [5.74, 6) is 1.51. The van der Waals surface area contributed by atoms with E-state index in [0.717, 1.165) is 25.1 Å². The molecule has 2 aromatic rings. The topological polar surface area (TPSA) is 47.1 Å². The molecule has 0 saturated heterocycles. The Morgan fingerprint density at radius 3 is 2.95 bits per heavy atom. The van der Waals surface area contributed by atoms with Gasteiger partial charge in [0.2, 0.25) is 10.7 Å². The molecule has 2 aromatic heterocycles. The molecule has 0 amide bonds. The fourth-order valence-corrected chi connectivity index (χ4v) is 1.90. The molecule has 0 radical (unpaired) electrons. The van der Waals surface area contributed by atoms with E-state index in [-0.39, 0.29) is 0 Å². The largest absolute Gasteiger partial charge is 0.467 e. The number of hydrogen-bond acceptors (Lipinski definition) is 5. The van der Waals surface area contributed by atoms with E-state index in [2.05, 4.69) is 16.9 Å². The maximum absolute atomic E-state index is 5.29. The Hall–Kier alpha value is -1.69. The normalized spacial score (nSPS) is 10.6. The first kappa shape index (κ1) is 13.7. The summed E-state index contributed by atoms with van der Waals surface area (Å²) in [4.78, 5) is 10.7. The summed E-state index contributed by atoms with van der Waals surface area (Å²) in [7, 11) is 1.98. The van der Waals surface area contributed by atoms with E-state index in [1.807, 2.05) is 24.1 Å². The van der Waals surface area contributed by atoms with Crippen LogP contribution >= 0.6 is 12.2 Å². The highest BCUT2D eigenvalue weighted by Crippen LogP contribution is 2.07. The van der Waals surface area contributed by atoms with Gasteiger partial charge in [0.1, 0.15) is 12.1 Å². The molecule has 0 bridgehead atoms. The van der Waals surface area contributed by atoms with Crippen LogP contribution in [0.25, 0.3) is 0 Å². The van der Waals surface area contributed by atoms with Crippen molar-refractivity contribution in [2.45, 2.75) is 26.3 Å². The molecule has 0 saturated carbocycles. The molecule has 0 atom stereocenters. The number of furan rings is 1. The second kappa shape index (κ2) is 6.47. The molecule has 0 aromatic carbocycles. The van der Waals surface area contributed by atoms with Gasteiger partial charge < -0.3 is 9.32 Å². The maximum atomic E-state index is 5.29. The number of nitrogens with zero attached hydrogens (tertiary/aromatic N) is 4. The Kier molecular flexibility index (Phi) is 4.68. The molecule has 0 aliphatic carbocycles. The molecule has 2 heterocycles. The third kappa shape index (κ3) is 3.64. The van der Waals surface area contributed by atoms with Crippen molar-refractivity contribution in [1.29, 1.82) is 0 Å². The van der Waals surface area contributed by atoms with Crippen LogP contribution in [0.2, 0.25) is 0 Å². The van der Waals surface area contributed by atoms with Gasteiger partial charge in [0.25, 0.3) is 0 Å². The zero-order valence-electron chi connectivity index (χ0n) is 11.2. The molecule has 0 spiro atoms. The Bertz CT molecular complexity index is 564. The van der Waals surface area contributed by atoms with E-state index >= 15 is 0 Å². The van der Waals surface area contributed by atoms with Crippen molar-refractivity contribution >= 4 is 18.2 Å².